The molecule has 146 valence electrons. The van der Waals surface area contributed by atoms with Gasteiger partial charge in [0.1, 0.15) is 0 Å². The molecular weight excluding hydrogens is 365 g/mol. The molecule has 6 heteroatoms. The lowest BCUT2D eigenvalue weighted by atomic mass is 9.96. The van der Waals surface area contributed by atoms with Crippen molar-refractivity contribution in [2.45, 2.75) is 25.6 Å². The molecule has 3 nitrogen and oxygen atoms in total. The van der Waals surface area contributed by atoms with Crippen molar-refractivity contribution in [3.05, 3.63) is 71.8 Å². The summed E-state index contributed by atoms with van der Waals surface area (Å²) in [7, 11) is 0. The van der Waals surface area contributed by atoms with Crippen LogP contribution in [0, 0.1) is 0 Å². The van der Waals surface area contributed by atoms with Crippen LogP contribution in [0.1, 0.15) is 29.3 Å². The van der Waals surface area contributed by atoms with Gasteiger partial charge < -0.3 is 11.1 Å². The van der Waals surface area contributed by atoms with Crippen molar-refractivity contribution in [3.63, 3.8) is 0 Å². The van der Waals surface area contributed by atoms with Gasteiger partial charge in [-0.2, -0.15) is 13.2 Å². The fourth-order valence-corrected chi connectivity index (χ4v) is 3.14. The molecular formula is C22H21F3N2O. The number of amides is 1. The van der Waals surface area contributed by atoms with E-state index < -0.39 is 11.7 Å². The number of hydrogen-bond donors (Lipinski definition) is 2. The molecule has 0 aromatic heterocycles. The van der Waals surface area contributed by atoms with Gasteiger partial charge >= 0.3 is 6.18 Å². The number of fused-ring (bicyclic) bond motifs is 1. The molecule has 3 aromatic carbocycles. The van der Waals surface area contributed by atoms with Gasteiger partial charge in [0.05, 0.1) is 5.56 Å². The molecule has 0 aliphatic heterocycles. The SMILES string of the molecule is C[C@@H](CCN)NC(=O)c1ccc2c(-c3ccc(C(F)(F)F)cc3)cccc2c1. The Morgan fingerprint density at radius 2 is 1.79 bits per heavy atom. The van der Waals surface area contributed by atoms with E-state index in [9.17, 15) is 18.0 Å². The maximum atomic E-state index is 12.8. The second-order valence-corrected chi connectivity index (χ2v) is 6.77. The molecule has 1 amide bonds. The minimum Gasteiger partial charge on any atom is -0.350 e. The van der Waals surface area contributed by atoms with Crippen LogP contribution in [0.15, 0.2) is 60.7 Å². The number of halogens is 3. The lowest BCUT2D eigenvalue weighted by molar-refractivity contribution is -0.137. The number of carbonyl (C=O) groups is 1. The van der Waals surface area contributed by atoms with Gasteiger partial charge in [-0.25, -0.2) is 0 Å². The zero-order chi connectivity index (χ0) is 20.3. The first-order valence-electron chi connectivity index (χ1n) is 9.01. The van der Waals surface area contributed by atoms with Gasteiger partial charge in [0, 0.05) is 11.6 Å². The van der Waals surface area contributed by atoms with E-state index in [0.29, 0.717) is 24.1 Å². The monoisotopic (exact) mass is 386 g/mol. The predicted octanol–water partition coefficient (Wildman–Crippen LogP) is 4.99. The number of benzene rings is 3. The second-order valence-electron chi connectivity index (χ2n) is 6.77. The summed E-state index contributed by atoms with van der Waals surface area (Å²) in [5.41, 5.74) is 6.86. The third-order valence-electron chi connectivity index (χ3n) is 4.64. The average molecular weight is 386 g/mol. The Kier molecular flexibility index (Phi) is 5.70. The largest absolute Gasteiger partial charge is 0.416 e. The number of alkyl halides is 3. The molecule has 0 saturated heterocycles. The van der Waals surface area contributed by atoms with Crippen LogP contribution < -0.4 is 11.1 Å². The molecule has 1 atom stereocenters. The Balaban J connectivity index is 1.93. The minimum atomic E-state index is -4.36. The zero-order valence-electron chi connectivity index (χ0n) is 15.4. The molecule has 0 bridgehead atoms. The van der Waals surface area contributed by atoms with E-state index in [0.717, 1.165) is 28.5 Å². The van der Waals surface area contributed by atoms with Gasteiger partial charge in [-0.3, -0.25) is 4.79 Å². The average Bonchev–Trinajstić information content (AvgIpc) is 2.66. The molecule has 3 rings (SSSR count). The Morgan fingerprint density at radius 3 is 2.43 bits per heavy atom. The summed E-state index contributed by atoms with van der Waals surface area (Å²) >= 11 is 0. The van der Waals surface area contributed by atoms with Crippen LogP contribution in [0.2, 0.25) is 0 Å². The molecule has 0 saturated carbocycles. The zero-order valence-corrected chi connectivity index (χ0v) is 15.4. The van der Waals surface area contributed by atoms with Crippen molar-refractivity contribution in [1.29, 1.82) is 0 Å². The van der Waals surface area contributed by atoms with Crippen LogP contribution in [0.5, 0.6) is 0 Å². The van der Waals surface area contributed by atoms with Crippen LogP contribution in [0.4, 0.5) is 13.2 Å². The lowest BCUT2D eigenvalue weighted by Gasteiger charge is -2.14. The van der Waals surface area contributed by atoms with Gasteiger partial charge in [0.25, 0.3) is 5.91 Å². The maximum Gasteiger partial charge on any atom is 0.416 e. The normalized spacial score (nSPS) is 12.8. The molecule has 0 aliphatic carbocycles. The highest BCUT2D eigenvalue weighted by Crippen LogP contribution is 2.33. The van der Waals surface area contributed by atoms with Crippen molar-refractivity contribution in [2.75, 3.05) is 6.54 Å². The third kappa shape index (κ3) is 4.34. The van der Waals surface area contributed by atoms with Crippen molar-refractivity contribution in [2.24, 2.45) is 5.73 Å². The van der Waals surface area contributed by atoms with Gasteiger partial charge in [-0.1, -0.05) is 36.4 Å². The Morgan fingerprint density at radius 1 is 1.07 bits per heavy atom. The van der Waals surface area contributed by atoms with Crippen molar-refractivity contribution < 1.29 is 18.0 Å². The fourth-order valence-electron chi connectivity index (χ4n) is 3.14. The molecule has 0 fully saturated rings. The topological polar surface area (TPSA) is 55.1 Å². The second kappa shape index (κ2) is 8.02. The molecule has 0 heterocycles. The Bertz CT molecular complexity index is 981. The van der Waals surface area contributed by atoms with Gasteiger partial charge in [0.2, 0.25) is 0 Å². The smallest absolute Gasteiger partial charge is 0.350 e. The number of rotatable bonds is 5. The highest BCUT2D eigenvalue weighted by Gasteiger charge is 2.30. The summed E-state index contributed by atoms with van der Waals surface area (Å²) in [5, 5.41) is 4.62. The lowest BCUT2D eigenvalue weighted by Crippen LogP contribution is -2.34. The van der Waals surface area contributed by atoms with Crippen molar-refractivity contribution >= 4 is 16.7 Å². The number of carbonyl (C=O) groups excluding carboxylic acids is 1. The van der Waals surface area contributed by atoms with E-state index in [1.165, 1.54) is 12.1 Å². The summed E-state index contributed by atoms with van der Waals surface area (Å²) in [5.74, 6) is -0.178. The fraction of sp³-hybridized carbons (Fsp3) is 0.227. The number of nitrogens with two attached hydrogens (primary N) is 1. The van der Waals surface area contributed by atoms with Crippen LogP contribution in [0.3, 0.4) is 0 Å². The Hall–Kier alpha value is -2.86. The van der Waals surface area contributed by atoms with Crippen LogP contribution >= 0.6 is 0 Å². The summed E-state index contributed by atoms with van der Waals surface area (Å²) in [6, 6.07) is 16.0. The Labute approximate surface area is 161 Å². The summed E-state index contributed by atoms with van der Waals surface area (Å²) < 4.78 is 38.4. The predicted molar refractivity (Wildman–Crippen MR) is 105 cm³/mol. The molecule has 0 radical (unpaired) electrons. The number of nitrogens with one attached hydrogen (secondary N) is 1. The van der Waals surface area contributed by atoms with Gasteiger partial charge in [-0.05, 0) is 66.1 Å². The van der Waals surface area contributed by atoms with E-state index in [1.807, 2.05) is 31.2 Å². The quantitative estimate of drug-likeness (QED) is 0.649. The van der Waals surface area contributed by atoms with Crippen LogP contribution in [-0.4, -0.2) is 18.5 Å². The van der Waals surface area contributed by atoms with E-state index in [2.05, 4.69) is 5.32 Å². The summed E-state index contributed by atoms with van der Waals surface area (Å²) in [4.78, 5) is 12.4. The van der Waals surface area contributed by atoms with E-state index >= 15 is 0 Å². The van der Waals surface area contributed by atoms with Gasteiger partial charge in [0.15, 0.2) is 0 Å². The summed E-state index contributed by atoms with van der Waals surface area (Å²) in [6.45, 7) is 2.39. The standard InChI is InChI=1S/C22H21F3N2O/c1-14(11-12-26)27-21(28)17-7-10-20-16(13-17)3-2-4-19(20)15-5-8-18(9-6-15)22(23,24)25/h2-10,13-14H,11-12,26H2,1H3,(H,27,28)/t14-/m0/s1. The summed E-state index contributed by atoms with van der Waals surface area (Å²) in [6.07, 6.45) is -3.67. The van der Waals surface area contributed by atoms with Crippen LogP contribution in [0.25, 0.3) is 21.9 Å². The highest BCUT2D eigenvalue weighted by molar-refractivity contribution is 6.02. The molecule has 0 aliphatic rings. The first-order valence-corrected chi connectivity index (χ1v) is 9.01. The minimum absolute atomic E-state index is 0.0216. The molecule has 3 N–H and O–H groups in total. The van der Waals surface area contributed by atoms with E-state index in [4.69, 9.17) is 5.73 Å². The van der Waals surface area contributed by atoms with Crippen LogP contribution in [-0.2, 0) is 6.18 Å². The third-order valence-corrected chi connectivity index (χ3v) is 4.64. The van der Waals surface area contributed by atoms with Crippen molar-refractivity contribution in [1.82, 2.24) is 5.32 Å². The molecule has 28 heavy (non-hydrogen) atoms. The van der Waals surface area contributed by atoms with Gasteiger partial charge in [-0.15, -0.1) is 0 Å². The van der Waals surface area contributed by atoms with E-state index in [-0.39, 0.29) is 11.9 Å². The molecule has 0 spiro atoms. The van der Waals surface area contributed by atoms with E-state index in [1.54, 1.807) is 12.1 Å². The number of hydrogen-bond acceptors (Lipinski definition) is 2. The van der Waals surface area contributed by atoms with Crippen molar-refractivity contribution in [3.8, 4) is 11.1 Å². The maximum absolute atomic E-state index is 12.8. The highest BCUT2D eigenvalue weighted by atomic mass is 19.4. The first kappa shape index (κ1) is 19.9. The first-order chi connectivity index (χ1) is 13.3. The molecule has 3 aromatic rings. The molecule has 0 unspecified atom stereocenters.